The van der Waals surface area contributed by atoms with E-state index in [1.165, 1.54) is 11.6 Å². The fraction of sp³-hybridized carbons (Fsp3) is 0.643. The van der Waals surface area contributed by atoms with Gasteiger partial charge < -0.3 is 5.11 Å². The molecule has 2 unspecified atom stereocenters. The summed E-state index contributed by atoms with van der Waals surface area (Å²) in [5.41, 5.74) is 1.35. The van der Waals surface area contributed by atoms with Gasteiger partial charge in [-0.3, -0.25) is 4.79 Å². The van der Waals surface area contributed by atoms with Crippen molar-refractivity contribution >= 4 is 5.78 Å². The molecule has 1 rings (SSSR count). The number of carbonyl (C=O) groups excluding carboxylic acids is 1. The highest BCUT2D eigenvalue weighted by Crippen LogP contribution is 2.27. The average molecular weight is 222 g/mol. The van der Waals surface area contributed by atoms with Gasteiger partial charge in [-0.15, -0.1) is 0 Å². The predicted octanol–water partition coefficient (Wildman–Crippen LogP) is 2.88. The lowest BCUT2D eigenvalue weighted by Gasteiger charge is -2.25. The van der Waals surface area contributed by atoms with Gasteiger partial charge in [-0.1, -0.05) is 24.6 Å². The van der Waals surface area contributed by atoms with Gasteiger partial charge in [-0.25, -0.2) is 0 Å². The smallest absolute Gasteiger partial charge is 0.183 e. The Morgan fingerprint density at radius 3 is 2.88 bits per heavy atom. The van der Waals surface area contributed by atoms with Crippen molar-refractivity contribution in [1.82, 2.24) is 0 Å². The fourth-order valence-corrected chi connectivity index (χ4v) is 2.05. The molecule has 90 valence electrons. The van der Waals surface area contributed by atoms with Crippen LogP contribution in [0.3, 0.4) is 0 Å². The molecule has 0 aromatic heterocycles. The third-order valence-corrected chi connectivity index (χ3v) is 3.24. The molecule has 1 aliphatic rings. The normalized spacial score (nSPS) is 26.6. The summed E-state index contributed by atoms with van der Waals surface area (Å²) < 4.78 is 0. The van der Waals surface area contributed by atoms with Gasteiger partial charge in [0.1, 0.15) is 6.10 Å². The van der Waals surface area contributed by atoms with Crippen molar-refractivity contribution in [2.24, 2.45) is 11.8 Å². The first-order valence-corrected chi connectivity index (χ1v) is 6.04. The minimum Gasteiger partial charge on any atom is -0.385 e. The van der Waals surface area contributed by atoms with Gasteiger partial charge in [0.15, 0.2) is 5.78 Å². The van der Waals surface area contributed by atoms with E-state index in [4.69, 9.17) is 0 Å². The number of hydrogen-bond donors (Lipinski definition) is 1. The van der Waals surface area contributed by atoms with Crippen LogP contribution in [0.2, 0.25) is 0 Å². The van der Waals surface area contributed by atoms with Crippen LogP contribution < -0.4 is 0 Å². The quantitative estimate of drug-likeness (QED) is 0.743. The van der Waals surface area contributed by atoms with Crippen LogP contribution in [0, 0.1) is 11.8 Å². The molecule has 3 atom stereocenters. The van der Waals surface area contributed by atoms with Crippen LogP contribution in [0.25, 0.3) is 0 Å². The number of rotatable bonds is 4. The zero-order chi connectivity index (χ0) is 12.1. The molecule has 0 aromatic carbocycles. The molecule has 16 heavy (non-hydrogen) atoms. The molecule has 0 bridgehead atoms. The molecule has 0 fully saturated rings. The minimum atomic E-state index is -0.777. The van der Waals surface area contributed by atoms with Crippen LogP contribution in [-0.2, 0) is 4.79 Å². The van der Waals surface area contributed by atoms with Crippen molar-refractivity contribution in [3.8, 4) is 0 Å². The molecule has 0 amide bonds. The molecule has 1 aliphatic carbocycles. The Hall–Kier alpha value is -0.890. The van der Waals surface area contributed by atoms with Gasteiger partial charge >= 0.3 is 0 Å². The topological polar surface area (TPSA) is 37.3 Å². The summed E-state index contributed by atoms with van der Waals surface area (Å²) in [5.74, 6) is 0.723. The SMILES string of the molecule is CC(C)=CCC[C@@H](C)C1C=CC(=O)C(O)C1. The Balaban J connectivity index is 2.43. The highest BCUT2D eigenvalue weighted by Gasteiger charge is 2.25. The molecule has 2 heteroatoms. The Bertz CT molecular complexity index is 298. The number of allylic oxidation sites excluding steroid dienone is 3. The van der Waals surface area contributed by atoms with Gasteiger partial charge in [0.05, 0.1) is 0 Å². The Morgan fingerprint density at radius 1 is 1.62 bits per heavy atom. The van der Waals surface area contributed by atoms with Gasteiger partial charge in [-0.05, 0) is 51.0 Å². The van der Waals surface area contributed by atoms with E-state index in [0.717, 1.165) is 12.8 Å². The molecule has 0 heterocycles. The molecule has 0 aromatic rings. The van der Waals surface area contributed by atoms with E-state index in [-0.39, 0.29) is 5.78 Å². The fourth-order valence-electron chi connectivity index (χ4n) is 2.05. The van der Waals surface area contributed by atoms with Crippen LogP contribution in [0.5, 0.6) is 0 Å². The first-order chi connectivity index (χ1) is 7.50. The summed E-state index contributed by atoms with van der Waals surface area (Å²) >= 11 is 0. The summed E-state index contributed by atoms with van der Waals surface area (Å²) in [5, 5.41) is 9.50. The van der Waals surface area contributed by atoms with Crippen LogP contribution in [0.4, 0.5) is 0 Å². The molecular weight excluding hydrogens is 200 g/mol. The molecule has 0 saturated carbocycles. The average Bonchev–Trinajstić information content (AvgIpc) is 2.21. The first-order valence-electron chi connectivity index (χ1n) is 6.04. The van der Waals surface area contributed by atoms with Crippen molar-refractivity contribution in [2.75, 3.05) is 0 Å². The second-order valence-corrected chi connectivity index (χ2v) is 5.01. The Kier molecular flexibility index (Phi) is 4.94. The number of ketones is 1. The van der Waals surface area contributed by atoms with E-state index in [1.807, 2.05) is 6.08 Å². The van der Waals surface area contributed by atoms with E-state index in [9.17, 15) is 9.90 Å². The summed E-state index contributed by atoms with van der Waals surface area (Å²) in [6.07, 6.45) is 7.74. The third-order valence-electron chi connectivity index (χ3n) is 3.24. The van der Waals surface area contributed by atoms with E-state index >= 15 is 0 Å². The largest absolute Gasteiger partial charge is 0.385 e. The summed E-state index contributed by atoms with van der Waals surface area (Å²) in [6.45, 7) is 6.40. The van der Waals surface area contributed by atoms with Crippen molar-refractivity contribution in [3.05, 3.63) is 23.8 Å². The van der Waals surface area contributed by atoms with Gasteiger partial charge in [-0.2, -0.15) is 0 Å². The lowest BCUT2D eigenvalue weighted by atomic mass is 9.81. The zero-order valence-corrected chi connectivity index (χ0v) is 10.4. The van der Waals surface area contributed by atoms with Crippen molar-refractivity contribution < 1.29 is 9.90 Å². The second-order valence-electron chi connectivity index (χ2n) is 5.01. The monoisotopic (exact) mass is 222 g/mol. The Morgan fingerprint density at radius 2 is 2.31 bits per heavy atom. The maximum atomic E-state index is 11.1. The van der Waals surface area contributed by atoms with Crippen molar-refractivity contribution in [1.29, 1.82) is 0 Å². The maximum Gasteiger partial charge on any atom is 0.183 e. The van der Waals surface area contributed by atoms with Crippen LogP contribution >= 0.6 is 0 Å². The number of hydrogen-bond acceptors (Lipinski definition) is 2. The molecular formula is C14H22O2. The number of aliphatic hydroxyl groups excluding tert-OH is 1. The van der Waals surface area contributed by atoms with Gasteiger partial charge in [0.2, 0.25) is 0 Å². The van der Waals surface area contributed by atoms with E-state index in [2.05, 4.69) is 26.8 Å². The number of carbonyl (C=O) groups is 1. The standard InChI is InChI=1S/C14H22O2/c1-10(2)5-4-6-11(3)12-7-8-13(15)14(16)9-12/h5,7-8,11-12,14,16H,4,6,9H2,1-3H3/t11-,12?,14?/m1/s1. The van der Waals surface area contributed by atoms with Crippen LogP contribution in [0.15, 0.2) is 23.8 Å². The minimum absolute atomic E-state index is 0.146. The predicted molar refractivity (Wildman–Crippen MR) is 66.1 cm³/mol. The second kappa shape index (κ2) is 6.00. The molecule has 0 radical (unpaired) electrons. The highest BCUT2D eigenvalue weighted by molar-refractivity contribution is 5.94. The van der Waals surface area contributed by atoms with Gasteiger partial charge in [0.25, 0.3) is 0 Å². The lowest BCUT2D eigenvalue weighted by molar-refractivity contribution is -0.123. The summed E-state index contributed by atoms with van der Waals surface area (Å²) in [7, 11) is 0. The van der Waals surface area contributed by atoms with Crippen LogP contribution in [0.1, 0.15) is 40.0 Å². The van der Waals surface area contributed by atoms with Crippen LogP contribution in [-0.4, -0.2) is 17.0 Å². The molecule has 0 saturated heterocycles. The summed E-state index contributed by atoms with van der Waals surface area (Å²) in [6, 6.07) is 0. The van der Waals surface area contributed by atoms with E-state index in [1.54, 1.807) is 0 Å². The van der Waals surface area contributed by atoms with E-state index in [0.29, 0.717) is 18.3 Å². The lowest BCUT2D eigenvalue weighted by Crippen LogP contribution is -2.28. The first kappa shape index (κ1) is 13.2. The molecule has 0 aliphatic heterocycles. The molecule has 0 spiro atoms. The van der Waals surface area contributed by atoms with Crippen molar-refractivity contribution in [2.45, 2.75) is 46.1 Å². The summed E-state index contributed by atoms with van der Waals surface area (Å²) in [4.78, 5) is 11.1. The third kappa shape index (κ3) is 3.93. The number of aliphatic hydroxyl groups is 1. The highest BCUT2D eigenvalue weighted by atomic mass is 16.3. The van der Waals surface area contributed by atoms with Gasteiger partial charge in [0, 0.05) is 0 Å². The zero-order valence-electron chi connectivity index (χ0n) is 10.4. The molecule has 2 nitrogen and oxygen atoms in total. The Labute approximate surface area is 98.1 Å². The van der Waals surface area contributed by atoms with Crippen molar-refractivity contribution in [3.63, 3.8) is 0 Å². The van der Waals surface area contributed by atoms with E-state index < -0.39 is 6.10 Å². The molecule has 1 N–H and O–H groups in total. The maximum absolute atomic E-state index is 11.1.